The molecule has 0 aliphatic carbocycles. The van der Waals surface area contributed by atoms with E-state index in [0.717, 1.165) is 0 Å². The van der Waals surface area contributed by atoms with Gasteiger partial charge in [0, 0.05) is 5.69 Å². The van der Waals surface area contributed by atoms with Crippen LogP contribution < -0.4 is 16.2 Å². The summed E-state index contributed by atoms with van der Waals surface area (Å²) in [5.74, 6) is -0.486. The third-order valence-corrected chi connectivity index (χ3v) is 3.28. The third kappa shape index (κ3) is 4.11. The molecule has 0 spiro atoms. The van der Waals surface area contributed by atoms with Gasteiger partial charge in [0.2, 0.25) is 10.0 Å². The molecule has 0 aliphatic rings. The first-order valence-corrected chi connectivity index (χ1v) is 7.15. The summed E-state index contributed by atoms with van der Waals surface area (Å²) in [6.45, 7) is 3.49. The number of esters is 1. The molecular formula is C11H17N3O4S. The van der Waals surface area contributed by atoms with Gasteiger partial charge < -0.3 is 15.8 Å². The maximum absolute atomic E-state index is 11.5. The molecule has 0 heterocycles. The van der Waals surface area contributed by atoms with Crippen molar-refractivity contribution in [2.75, 3.05) is 17.7 Å². The van der Waals surface area contributed by atoms with Gasteiger partial charge in [0.25, 0.3) is 0 Å². The van der Waals surface area contributed by atoms with Gasteiger partial charge in [-0.25, -0.2) is 18.4 Å². The van der Waals surface area contributed by atoms with E-state index < -0.39 is 22.0 Å². The quantitative estimate of drug-likeness (QED) is 0.527. The van der Waals surface area contributed by atoms with E-state index in [4.69, 9.17) is 15.6 Å². The lowest BCUT2D eigenvalue weighted by molar-refractivity contribution is -0.143. The second-order valence-corrected chi connectivity index (χ2v) is 5.45. The maximum atomic E-state index is 11.5. The predicted molar refractivity (Wildman–Crippen MR) is 71.9 cm³/mol. The summed E-state index contributed by atoms with van der Waals surface area (Å²) in [6.07, 6.45) is 0. The maximum Gasteiger partial charge on any atom is 0.328 e. The largest absolute Gasteiger partial charge is 0.464 e. The zero-order chi connectivity index (χ0) is 14.6. The number of nitrogens with one attached hydrogen (secondary N) is 1. The van der Waals surface area contributed by atoms with Gasteiger partial charge >= 0.3 is 5.97 Å². The van der Waals surface area contributed by atoms with Crippen LogP contribution in [0.15, 0.2) is 23.1 Å². The molecule has 106 valence electrons. The summed E-state index contributed by atoms with van der Waals surface area (Å²) >= 11 is 0. The summed E-state index contributed by atoms with van der Waals surface area (Å²) < 4.78 is 27.7. The van der Waals surface area contributed by atoms with E-state index >= 15 is 0 Å². The first kappa shape index (κ1) is 15.3. The van der Waals surface area contributed by atoms with E-state index in [-0.39, 0.29) is 22.9 Å². The van der Waals surface area contributed by atoms with E-state index in [0.29, 0.717) is 0 Å². The fourth-order valence-corrected chi connectivity index (χ4v) is 2.19. The fourth-order valence-electron chi connectivity index (χ4n) is 1.45. The van der Waals surface area contributed by atoms with Gasteiger partial charge in [-0.1, -0.05) is 0 Å². The van der Waals surface area contributed by atoms with Crippen LogP contribution in [0.2, 0.25) is 0 Å². The molecule has 0 aliphatic heterocycles. The zero-order valence-electron chi connectivity index (χ0n) is 10.7. The van der Waals surface area contributed by atoms with Crippen molar-refractivity contribution in [3.63, 3.8) is 0 Å². The Morgan fingerprint density at radius 1 is 1.47 bits per heavy atom. The van der Waals surface area contributed by atoms with Crippen LogP contribution in [-0.2, 0) is 19.6 Å². The predicted octanol–water partition coefficient (Wildman–Crippen LogP) is 0.280. The van der Waals surface area contributed by atoms with Crippen molar-refractivity contribution in [1.29, 1.82) is 0 Å². The highest BCUT2D eigenvalue weighted by molar-refractivity contribution is 7.89. The average Bonchev–Trinajstić information content (AvgIpc) is 2.30. The molecule has 1 rings (SSSR count). The number of sulfonamides is 1. The highest BCUT2D eigenvalue weighted by atomic mass is 32.2. The van der Waals surface area contributed by atoms with E-state index in [1.165, 1.54) is 18.2 Å². The number of hydrogen-bond acceptors (Lipinski definition) is 6. The minimum absolute atomic E-state index is 0.163. The zero-order valence-corrected chi connectivity index (χ0v) is 11.5. The van der Waals surface area contributed by atoms with Gasteiger partial charge in [-0.15, -0.1) is 0 Å². The van der Waals surface area contributed by atoms with Crippen LogP contribution in [0, 0.1) is 0 Å². The highest BCUT2D eigenvalue weighted by Crippen LogP contribution is 2.23. The Morgan fingerprint density at radius 2 is 2.11 bits per heavy atom. The average molecular weight is 287 g/mol. The number of hydrogen-bond donors (Lipinski definition) is 3. The molecule has 7 nitrogen and oxygen atoms in total. The van der Waals surface area contributed by atoms with Crippen molar-refractivity contribution >= 4 is 27.4 Å². The molecule has 1 aromatic carbocycles. The number of nitrogens with two attached hydrogens (primary N) is 2. The molecule has 0 aromatic heterocycles. The Hall–Kier alpha value is -1.80. The summed E-state index contributed by atoms with van der Waals surface area (Å²) in [4.78, 5) is 11.3. The Morgan fingerprint density at radius 3 is 2.63 bits per heavy atom. The third-order valence-electron chi connectivity index (χ3n) is 2.32. The molecule has 0 saturated heterocycles. The van der Waals surface area contributed by atoms with Crippen LogP contribution in [0.3, 0.4) is 0 Å². The molecular weight excluding hydrogens is 270 g/mol. The van der Waals surface area contributed by atoms with Crippen molar-refractivity contribution in [3.8, 4) is 0 Å². The summed E-state index contributed by atoms with van der Waals surface area (Å²) in [7, 11) is -3.93. The minimum atomic E-state index is -3.93. The number of benzene rings is 1. The summed E-state index contributed by atoms with van der Waals surface area (Å²) in [5, 5.41) is 7.84. The van der Waals surface area contributed by atoms with E-state index in [2.05, 4.69) is 5.32 Å². The SMILES string of the molecule is CCOC(=O)C(C)Nc1ccc(N)cc1S(N)(=O)=O. The van der Waals surface area contributed by atoms with Crippen molar-refractivity contribution in [3.05, 3.63) is 18.2 Å². The highest BCUT2D eigenvalue weighted by Gasteiger charge is 2.19. The molecule has 1 aromatic rings. The molecule has 0 saturated carbocycles. The van der Waals surface area contributed by atoms with Crippen molar-refractivity contribution in [2.45, 2.75) is 24.8 Å². The van der Waals surface area contributed by atoms with Crippen molar-refractivity contribution in [2.24, 2.45) is 5.14 Å². The van der Waals surface area contributed by atoms with Crippen molar-refractivity contribution in [1.82, 2.24) is 0 Å². The van der Waals surface area contributed by atoms with Gasteiger partial charge in [0.05, 0.1) is 12.3 Å². The molecule has 8 heteroatoms. The summed E-state index contributed by atoms with van der Waals surface area (Å²) in [6, 6.07) is 3.49. The molecule has 5 N–H and O–H groups in total. The first-order valence-electron chi connectivity index (χ1n) is 5.61. The van der Waals surface area contributed by atoms with Crippen LogP contribution in [0.5, 0.6) is 0 Å². The van der Waals surface area contributed by atoms with E-state index in [1.54, 1.807) is 13.8 Å². The normalized spacial score (nSPS) is 12.8. The molecule has 1 unspecified atom stereocenters. The number of rotatable bonds is 5. The number of carbonyl (C=O) groups is 1. The number of carbonyl (C=O) groups excluding carboxylic acids is 1. The topological polar surface area (TPSA) is 125 Å². The number of anilines is 2. The molecule has 0 amide bonds. The van der Waals surface area contributed by atoms with Crippen LogP contribution in [-0.4, -0.2) is 27.0 Å². The lowest BCUT2D eigenvalue weighted by atomic mass is 10.2. The Balaban J connectivity index is 3.05. The molecule has 1 atom stereocenters. The second kappa shape index (κ2) is 5.89. The van der Waals surface area contributed by atoms with Gasteiger partial charge in [-0.3, -0.25) is 0 Å². The van der Waals surface area contributed by atoms with Crippen LogP contribution in [0.25, 0.3) is 0 Å². The van der Waals surface area contributed by atoms with Crippen LogP contribution in [0.1, 0.15) is 13.8 Å². The molecule has 0 fully saturated rings. The standard InChI is InChI=1S/C11H17N3O4S/c1-3-18-11(15)7(2)14-9-5-4-8(12)6-10(9)19(13,16)17/h4-7,14H,3,12H2,1-2H3,(H2,13,16,17). The lowest BCUT2D eigenvalue weighted by Crippen LogP contribution is -2.29. The summed E-state index contributed by atoms with van der Waals surface area (Å²) in [5.41, 5.74) is 5.99. The monoisotopic (exact) mass is 287 g/mol. The van der Waals surface area contributed by atoms with E-state index in [9.17, 15) is 13.2 Å². The molecule has 0 bridgehead atoms. The van der Waals surface area contributed by atoms with Crippen LogP contribution >= 0.6 is 0 Å². The Labute approximate surface area is 112 Å². The fraction of sp³-hybridized carbons (Fsp3) is 0.364. The van der Waals surface area contributed by atoms with Gasteiger partial charge in [-0.05, 0) is 32.0 Å². The van der Waals surface area contributed by atoms with Gasteiger partial charge in [0.1, 0.15) is 10.9 Å². The first-order chi connectivity index (χ1) is 8.75. The Kier molecular flexibility index (Phi) is 4.73. The molecule has 0 radical (unpaired) electrons. The molecule has 19 heavy (non-hydrogen) atoms. The van der Waals surface area contributed by atoms with E-state index in [1.807, 2.05) is 0 Å². The minimum Gasteiger partial charge on any atom is -0.464 e. The smallest absolute Gasteiger partial charge is 0.328 e. The number of nitrogen functional groups attached to an aromatic ring is 1. The van der Waals surface area contributed by atoms with Crippen LogP contribution in [0.4, 0.5) is 11.4 Å². The number of primary sulfonamides is 1. The number of ether oxygens (including phenoxy) is 1. The Bertz CT molecular complexity index is 571. The van der Waals surface area contributed by atoms with Gasteiger partial charge in [0.15, 0.2) is 0 Å². The van der Waals surface area contributed by atoms with Gasteiger partial charge in [-0.2, -0.15) is 0 Å². The lowest BCUT2D eigenvalue weighted by Gasteiger charge is -2.16. The van der Waals surface area contributed by atoms with Crippen molar-refractivity contribution < 1.29 is 17.9 Å². The second-order valence-electron chi connectivity index (χ2n) is 3.92.